The number of guanidine groups is 1. The van der Waals surface area contributed by atoms with Crippen molar-refractivity contribution < 1.29 is 22.3 Å². The van der Waals surface area contributed by atoms with Gasteiger partial charge in [-0.05, 0) is 54.6 Å². The van der Waals surface area contributed by atoms with Crippen LogP contribution in [-0.4, -0.2) is 22.1 Å². The van der Waals surface area contributed by atoms with Crippen LogP contribution in [0.5, 0.6) is 5.75 Å². The molecule has 2 aromatic carbocycles. The first-order valence-corrected chi connectivity index (χ1v) is 8.02. The molecule has 29 heavy (non-hydrogen) atoms. The fourth-order valence-corrected chi connectivity index (χ4v) is 2.28. The van der Waals surface area contributed by atoms with Crippen molar-refractivity contribution in [1.29, 1.82) is 0 Å². The summed E-state index contributed by atoms with van der Waals surface area (Å²) < 4.78 is 54.8. The summed E-state index contributed by atoms with van der Waals surface area (Å²) in [6.45, 7) is 0.183. The molecule has 6 nitrogen and oxygen atoms in total. The van der Waals surface area contributed by atoms with E-state index in [-0.39, 0.29) is 48.0 Å². The van der Waals surface area contributed by atoms with Crippen LogP contribution >= 0.6 is 24.0 Å². The van der Waals surface area contributed by atoms with Crippen molar-refractivity contribution in [3.8, 4) is 11.4 Å². The summed E-state index contributed by atoms with van der Waals surface area (Å²) in [7, 11) is 0. The number of nitrogens with zero attached hydrogens (tertiary/aromatic N) is 3. The van der Waals surface area contributed by atoms with Crippen LogP contribution in [0.1, 0.15) is 5.69 Å². The Morgan fingerprint density at radius 2 is 1.72 bits per heavy atom. The average Bonchev–Trinajstić information content (AvgIpc) is 3.10. The van der Waals surface area contributed by atoms with Crippen LogP contribution in [0.3, 0.4) is 0 Å². The van der Waals surface area contributed by atoms with E-state index in [1.54, 1.807) is 29.1 Å². The van der Waals surface area contributed by atoms with Crippen molar-refractivity contribution in [2.24, 2.45) is 10.7 Å². The van der Waals surface area contributed by atoms with Crippen LogP contribution in [0.25, 0.3) is 5.69 Å². The highest BCUT2D eigenvalue weighted by atomic mass is 127. The third kappa shape index (κ3) is 6.93. The minimum atomic E-state index is -4.74. The monoisotopic (exact) mass is 521 g/mol. The van der Waals surface area contributed by atoms with Crippen molar-refractivity contribution >= 4 is 35.6 Å². The molecule has 0 saturated carbocycles. The number of nitrogens with two attached hydrogens (primary N) is 1. The zero-order valence-corrected chi connectivity index (χ0v) is 17.1. The van der Waals surface area contributed by atoms with Crippen molar-refractivity contribution in [2.75, 3.05) is 5.32 Å². The van der Waals surface area contributed by atoms with Crippen LogP contribution in [0.4, 0.5) is 23.2 Å². The van der Waals surface area contributed by atoms with Crippen molar-refractivity contribution in [1.82, 2.24) is 9.78 Å². The first kappa shape index (κ1) is 22.5. The van der Waals surface area contributed by atoms with E-state index in [1.807, 2.05) is 0 Å². The molecule has 0 bridgehead atoms. The largest absolute Gasteiger partial charge is 0.573 e. The number of aromatic nitrogens is 2. The maximum Gasteiger partial charge on any atom is 0.573 e. The maximum atomic E-state index is 13.0. The van der Waals surface area contributed by atoms with Crippen LogP contribution in [-0.2, 0) is 6.54 Å². The molecule has 0 amide bonds. The fourth-order valence-electron chi connectivity index (χ4n) is 2.28. The van der Waals surface area contributed by atoms with Gasteiger partial charge in [-0.15, -0.1) is 37.1 Å². The summed E-state index contributed by atoms with van der Waals surface area (Å²) in [4.78, 5) is 4.13. The third-order valence-corrected chi connectivity index (χ3v) is 3.51. The molecule has 3 N–H and O–H groups in total. The number of ether oxygens (including phenoxy) is 1. The van der Waals surface area contributed by atoms with Gasteiger partial charge in [0.15, 0.2) is 5.96 Å². The molecule has 1 aromatic heterocycles. The molecule has 154 valence electrons. The normalized spacial score (nSPS) is 11.7. The van der Waals surface area contributed by atoms with Crippen molar-refractivity contribution in [3.05, 3.63) is 72.3 Å². The molecular formula is C18H16F4IN5O. The molecule has 0 aliphatic carbocycles. The summed E-state index contributed by atoms with van der Waals surface area (Å²) in [5, 5.41) is 7.08. The Balaban J connectivity index is 0.00000300. The topological polar surface area (TPSA) is 77.5 Å². The van der Waals surface area contributed by atoms with E-state index in [4.69, 9.17) is 5.73 Å². The Bertz CT molecular complexity index is 956. The van der Waals surface area contributed by atoms with Crippen LogP contribution < -0.4 is 15.8 Å². The van der Waals surface area contributed by atoms with Crippen molar-refractivity contribution in [3.63, 3.8) is 0 Å². The Morgan fingerprint density at radius 3 is 2.34 bits per heavy atom. The lowest BCUT2D eigenvalue weighted by molar-refractivity contribution is -0.274. The summed E-state index contributed by atoms with van der Waals surface area (Å²) >= 11 is 0. The number of anilines is 1. The molecule has 0 spiro atoms. The number of benzene rings is 2. The van der Waals surface area contributed by atoms with Gasteiger partial charge >= 0.3 is 6.36 Å². The Morgan fingerprint density at radius 1 is 1.07 bits per heavy atom. The molecule has 1 heterocycles. The van der Waals surface area contributed by atoms with E-state index in [2.05, 4.69) is 20.1 Å². The van der Waals surface area contributed by atoms with E-state index < -0.39 is 6.36 Å². The molecule has 0 fully saturated rings. The zero-order valence-electron chi connectivity index (χ0n) is 14.7. The van der Waals surface area contributed by atoms with Crippen LogP contribution in [0.15, 0.2) is 65.8 Å². The summed E-state index contributed by atoms with van der Waals surface area (Å²) in [6.07, 6.45) is -3.03. The van der Waals surface area contributed by atoms with Crippen molar-refractivity contribution in [2.45, 2.75) is 12.9 Å². The van der Waals surface area contributed by atoms with E-state index in [1.165, 1.54) is 24.3 Å². The lowest BCUT2D eigenvalue weighted by Gasteiger charge is -2.10. The second-order valence-electron chi connectivity index (χ2n) is 5.63. The molecule has 0 unspecified atom stereocenters. The van der Waals surface area contributed by atoms with Gasteiger partial charge in [-0.25, -0.2) is 14.1 Å². The van der Waals surface area contributed by atoms with Gasteiger partial charge in [0.2, 0.25) is 0 Å². The Kier molecular flexibility index (Phi) is 7.42. The molecule has 3 aromatic rings. The molecule has 0 saturated heterocycles. The minimum absolute atomic E-state index is 0. The lowest BCUT2D eigenvalue weighted by Crippen LogP contribution is -2.22. The van der Waals surface area contributed by atoms with Gasteiger partial charge in [-0.1, -0.05) is 0 Å². The Labute approximate surface area is 180 Å². The van der Waals surface area contributed by atoms with E-state index in [9.17, 15) is 17.6 Å². The second kappa shape index (κ2) is 9.58. The molecule has 0 aliphatic rings. The zero-order chi connectivity index (χ0) is 20.1. The predicted molar refractivity (Wildman–Crippen MR) is 111 cm³/mol. The minimum Gasteiger partial charge on any atom is -0.406 e. The standard InChI is InChI=1S/C18H15F4N5O.HI/c19-12-1-5-15(6-2-12)27-10-9-14(26-27)11-24-17(23)25-13-3-7-16(8-4-13)28-18(20,21)22;/h1-10H,11H2,(H3,23,24,25);1H. The van der Waals surface area contributed by atoms with Gasteiger partial charge in [0.25, 0.3) is 0 Å². The highest BCUT2D eigenvalue weighted by Gasteiger charge is 2.30. The van der Waals surface area contributed by atoms with Gasteiger partial charge < -0.3 is 15.8 Å². The maximum absolute atomic E-state index is 13.0. The van der Waals surface area contributed by atoms with Crippen LogP contribution in [0.2, 0.25) is 0 Å². The number of aliphatic imine (C=N–C) groups is 1. The highest BCUT2D eigenvalue weighted by molar-refractivity contribution is 14.0. The Hall–Kier alpha value is -2.83. The predicted octanol–water partition coefficient (Wildman–Crippen LogP) is 4.45. The number of alkyl halides is 3. The van der Waals surface area contributed by atoms with E-state index in [0.29, 0.717) is 17.1 Å². The van der Waals surface area contributed by atoms with Gasteiger partial charge in [0, 0.05) is 11.9 Å². The number of halogens is 5. The van der Waals surface area contributed by atoms with Gasteiger partial charge in [-0.3, -0.25) is 0 Å². The van der Waals surface area contributed by atoms with E-state index in [0.717, 1.165) is 12.1 Å². The lowest BCUT2D eigenvalue weighted by atomic mass is 10.3. The van der Waals surface area contributed by atoms with E-state index >= 15 is 0 Å². The molecule has 0 atom stereocenters. The summed E-state index contributed by atoms with van der Waals surface area (Å²) in [5.41, 5.74) is 7.56. The second-order valence-corrected chi connectivity index (χ2v) is 5.63. The quantitative estimate of drug-likeness (QED) is 0.225. The molecule has 0 radical (unpaired) electrons. The molecule has 0 aliphatic heterocycles. The average molecular weight is 521 g/mol. The van der Waals surface area contributed by atoms with Gasteiger partial charge in [-0.2, -0.15) is 5.10 Å². The number of rotatable bonds is 5. The molecular weight excluding hydrogens is 505 g/mol. The first-order chi connectivity index (χ1) is 13.3. The van der Waals surface area contributed by atoms with Gasteiger partial charge in [0.05, 0.1) is 17.9 Å². The SMILES string of the molecule is I.NC(=NCc1ccn(-c2ccc(F)cc2)n1)Nc1ccc(OC(F)(F)F)cc1. The smallest absolute Gasteiger partial charge is 0.406 e. The molecule has 11 heteroatoms. The first-order valence-electron chi connectivity index (χ1n) is 8.02. The third-order valence-electron chi connectivity index (χ3n) is 3.51. The van der Waals surface area contributed by atoms with Gasteiger partial charge in [0.1, 0.15) is 11.6 Å². The summed E-state index contributed by atoms with van der Waals surface area (Å²) in [5.74, 6) is -0.599. The van der Waals surface area contributed by atoms with Crippen LogP contribution in [0, 0.1) is 5.82 Å². The highest BCUT2D eigenvalue weighted by Crippen LogP contribution is 2.23. The molecule has 3 rings (SSSR count). The number of hydrogen-bond acceptors (Lipinski definition) is 3. The number of hydrogen-bond donors (Lipinski definition) is 2. The number of nitrogens with one attached hydrogen (secondary N) is 1. The fraction of sp³-hybridized carbons (Fsp3) is 0.111. The summed E-state index contributed by atoms with van der Waals surface area (Å²) in [6, 6.07) is 12.7.